The molecule has 0 aliphatic carbocycles. The molecule has 25 nitrogen and oxygen atoms in total. The molecule has 0 fully saturated rings. The number of unbranched alkanes of at least 4 members (excludes halogenated alkanes) is 2. The summed E-state index contributed by atoms with van der Waals surface area (Å²) in [5, 5.41) is 45.3. The number of anilines is 2. The number of aliphatic carboxylic acids is 3. The highest BCUT2D eigenvalue weighted by Crippen LogP contribution is 2.33. The standard InChI is InChI=1S/C54H71N13O12/c55-22-5-3-12-40-52(77)62-39(50(58)75)11-2-1-8-33-14-18-35(19-15-33)42-26-43(60-36-20-16-34(27-56)17-21-36)37-9-7-10-38(49(37)61-42)51(76)65-44(28-57)54(79)64-41(53(78)63-40)13-4-6-23-59-45(68)29-66(30-46(69)70)24-25-67(31-47(71)72)32-48(73)74/h1-2,7,9-10,14-21,26,39-41,44H,3-6,8,11-13,22-25,27-32,55-57H2,(H2,58,75)(H,59,68)(H,60,61)(H,62,77)(H,63,78)(H,64,79)(H,65,76)(H,69,70)(H,71,72)(H,73,74)/b2-1+/t39-,40-,41-,44-/m0/s1. The van der Waals surface area contributed by atoms with Crippen LogP contribution in [0.15, 0.2) is 84.9 Å². The van der Waals surface area contributed by atoms with Crippen molar-refractivity contribution in [3.05, 3.63) is 102 Å². The van der Waals surface area contributed by atoms with Gasteiger partial charge in [0, 0.05) is 49.4 Å². The number of carboxylic acids is 3. The van der Waals surface area contributed by atoms with Crippen LogP contribution >= 0.6 is 0 Å². The molecule has 4 atom stereocenters. The molecule has 4 bridgehead atoms. The van der Waals surface area contributed by atoms with Crippen LogP contribution in [0, 0.1) is 0 Å². The number of hydrogen-bond donors (Lipinski definition) is 13. The van der Waals surface area contributed by atoms with E-state index in [1.165, 1.54) is 4.90 Å². The van der Waals surface area contributed by atoms with Crippen molar-refractivity contribution in [3.8, 4) is 11.3 Å². The number of nitrogens with two attached hydrogens (primary N) is 4. The van der Waals surface area contributed by atoms with E-state index < -0.39 is 110 Å². The topological polar surface area (TPSA) is 410 Å². The second-order valence-electron chi connectivity index (χ2n) is 19.0. The third-order valence-electron chi connectivity index (χ3n) is 12.8. The second kappa shape index (κ2) is 31.1. The summed E-state index contributed by atoms with van der Waals surface area (Å²) in [6.45, 7) is -2.35. The molecule has 1 aromatic heterocycles. The first-order valence-electron chi connectivity index (χ1n) is 25.9. The number of nitrogens with zero attached hydrogens (tertiary/aromatic N) is 3. The molecule has 424 valence electrons. The molecule has 6 amide bonds. The number of allylic oxidation sites excluding steroid dienone is 1. The third kappa shape index (κ3) is 19.9. The Kier molecular flexibility index (Phi) is 24.2. The number of pyridine rings is 1. The minimum Gasteiger partial charge on any atom is -0.480 e. The zero-order valence-electron chi connectivity index (χ0n) is 43.8. The lowest BCUT2D eigenvalue weighted by molar-refractivity contribution is -0.143. The highest BCUT2D eigenvalue weighted by atomic mass is 16.4. The van der Waals surface area contributed by atoms with Gasteiger partial charge in [0.1, 0.15) is 24.2 Å². The van der Waals surface area contributed by atoms with Gasteiger partial charge in [-0.05, 0) is 93.3 Å². The number of nitrogens with one attached hydrogen (secondary N) is 6. The number of carbonyl (C=O) groups excluding carboxylic acids is 6. The number of rotatable bonds is 25. The molecular weight excluding hydrogens is 1020 g/mol. The van der Waals surface area contributed by atoms with Crippen LogP contribution in [0.2, 0.25) is 0 Å². The first-order valence-corrected chi connectivity index (χ1v) is 25.9. The molecule has 6 rings (SSSR count). The molecule has 79 heavy (non-hydrogen) atoms. The van der Waals surface area contributed by atoms with Gasteiger partial charge < -0.3 is 70.2 Å². The van der Waals surface area contributed by atoms with Crippen LogP contribution < -0.4 is 54.8 Å². The Labute approximate surface area is 456 Å². The molecule has 25 heteroatoms. The zero-order valence-corrected chi connectivity index (χ0v) is 43.8. The summed E-state index contributed by atoms with van der Waals surface area (Å²) in [5.74, 6) is -8.34. The average molecular weight is 1090 g/mol. The van der Waals surface area contributed by atoms with Crippen LogP contribution in [0.3, 0.4) is 0 Å². The molecule has 3 aromatic carbocycles. The monoisotopic (exact) mass is 1090 g/mol. The number of fused-ring (bicyclic) bond motifs is 16. The second-order valence-corrected chi connectivity index (χ2v) is 19.0. The van der Waals surface area contributed by atoms with E-state index in [1.54, 1.807) is 24.3 Å². The largest absolute Gasteiger partial charge is 0.480 e. The van der Waals surface area contributed by atoms with Crippen LogP contribution in [0.25, 0.3) is 22.2 Å². The molecule has 0 unspecified atom stereocenters. The van der Waals surface area contributed by atoms with Gasteiger partial charge >= 0.3 is 17.9 Å². The number of para-hydroxylation sites is 1. The summed E-state index contributed by atoms with van der Waals surface area (Å²) < 4.78 is 0. The maximum atomic E-state index is 14.4. The summed E-state index contributed by atoms with van der Waals surface area (Å²) in [4.78, 5) is 124. The van der Waals surface area contributed by atoms with E-state index >= 15 is 0 Å². The molecule has 2 aliphatic rings. The maximum absolute atomic E-state index is 14.4. The fourth-order valence-corrected chi connectivity index (χ4v) is 8.63. The van der Waals surface area contributed by atoms with Crippen LogP contribution in [0.1, 0.15) is 66.4 Å². The number of aromatic nitrogens is 1. The Morgan fingerprint density at radius 3 is 1.85 bits per heavy atom. The summed E-state index contributed by atoms with van der Waals surface area (Å²) in [5.41, 5.74) is 28.4. The fraction of sp³-hybridized carbons (Fsp3) is 0.407. The van der Waals surface area contributed by atoms with Crippen LogP contribution in [-0.4, -0.2) is 167 Å². The number of hydrogen-bond acceptors (Lipinski definition) is 16. The van der Waals surface area contributed by atoms with Gasteiger partial charge in [0.15, 0.2) is 0 Å². The van der Waals surface area contributed by atoms with Gasteiger partial charge in [-0.1, -0.05) is 60.7 Å². The highest BCUT2D eigenvalue weighted by Gasteiger charge is 2.31. The number of amides is 6. The van der Waals surface area contributed by atoms with Crippen molar-refractivity contribution in [2.75, 3.05) is 64.2 Å². The Morgan fingerprint density at radius 2 is 1.27 bits per heavy atom. The minimum absolute atomic E-state index is 0.0183. The number of carboxylic acid groups (broad SMARTS) is 3. The third-order valence-corrected chi connectivity index (χ3v) is 12.8. The molecule has 0 spiro atoms. The zero-order chi connectivity index (χ0) is 57.4. The Hall–Kier alpha value is -8.36. The van der Waals surface area contributed by atoms with Crippen molar-refractivity contribution in [3.63, 3.8) is 0 Å². The average Bonchev–Trinajstić information content (AvgIpc) is 3.54. The molecule has 0 saturated heterocycles. The van der Waals surface area contributed by atoms with Gasteiger partial charge in [-0.15, -0.1) is 0 Å². The van der Waals surface area contributed by atoms with E-state index in [2.05, 4.69) is 31.9 Å². The normalized spacial score (nSPS) is 17.8. The van der Waals surface area contributed by atoms with Gasteiger partial charge in [0.05, 0.1) is 48.6 Å². The molecule has 4 aromatic rings. The van der Waals surface area contributed by atoms with Crippen molar-refractivity contribution in [2.24, 2.45) is 22.9 Å². The Morgan fingerprint density at radius 1 is 0.671 bits per heavy atom. The summed E-state index contributed by atoms with van der Waals surface area (Å²) >= 11 is 0. The van der Waals surface area contributed by atoms with E-state index in [0.29, 0.717) is 48.1 Å². The minimum atomic E-state index is -1.40. The molecule has 0 saturated carbocycles. The summed E-state index contributed by atoms with van der Waals surface area (Å²) in [7, 11) is 0. The number of benzene rings is 3. The van der Waals surface area contributed by atoms with Crippen LogP contribution in [-0.2, 0) is 51.3 Å². The van der Waals surface area contributed by atoms with Crippen molar-refractivity contribution in [1.82, 2.24) is 41.4 Å². The quantitative estimate of drug-likeness (QED) is 0.0234. The summed E-state index contributed by atoms with van der Waals surface area (Å²) in [6.07, 6.45) is 5.35. The van der Waals surface area contributed by atoms with Crippen LogP contribution in [0.4, 0.5) is 11.4 Å². The van der Waals surface area contributed by atoms with Gasteiger partial charge in [0.25, 0.3) is 5.91 Å². The first kappa shape index (κ1) is 61.5. The van der Waals surface area contributed by atoms with Gasteiger partial charge in [0.2, 0.25) is 29.5 Å². The molecular formula is C54H71N13O12. The van der Waals surface area contributed by atoms with Crippen LogP contribution in [0.5, 0.6) is 0 Å². The number of primary amides is 1. The van der Waals surface area contributed by atoms with Crippen molar-refractivity contribution < 1.29 is 58.5 Å². The van der Waals surface area contributed by atoms with Gasteiger partial charge in [-0.3, -0.25) is 53.0 Å². The molecule has 3 heterocycles. The molecule has 2 aliphatic heterocycles. The fourth-order valence-electron chi connectivity index (χ4n) is 8.63. The van der Waals surface area contributed by atoms with E-state index in [1.807, 2.05) is 60.7 Å². The van der Waals surface area contributed by atoms with Crippen molar-refractivity contribution in [2.45, 2.75) is 82.1 Å². The molecule has 17 N–H and O–H groups in total. The first-order chi connectivity index (χ1) is 37.9. The van der Waals surface area contributed by atoms with Gasteiger partial charge in [-0.25, -0.2) is 4.98 Å². The predicted octanol–water partition coefficient (Wildman–Crippen LogP) is -0.123. The Balaban J connectivity index is 1.43. The smallest absolute Gasteiger partial charge is 0.317 e. The maximum Gasteiger partial charge on any atom is 0.317 e. The van der Waals surface area contributed by atoms with E-state index in [-0.39, 0.29) is 63.8 Å². The lowest BCUT2D eigenvalue weighted by Crippen LogP contribution is -2.59. The lowest BCUT2D eigenvalue weighted by Gasteiger charge is -2.26. The predicted molar refractivity (Wildman–Crippen MR) is 293 cm³/mol. The Bertz CT molecular complexity index is 2800. The van der Waals surface area contributed by atoms with Gasteiger partial charge in [-0.2, -0.15) is 0 Å². The van der Waals surface area contributed by atoms with Crippen molar-refractivity contribution in [1.29, 1.82) is 0 Å². The summed E-state index contributed by atoms with van der Waals surface area (Å²) in [6, 6.07) is 16.9. The SMILES string of the molecule is NCCCC[C@@H]1NC(=O)[C@H](CCCCNC(=O)CN(CCN(CC(=O)O)CC(=O)O)CC(=O)O)NC(=O)[C@H](CN)NC(=O)c2cccc3c(Nc4ccc(CN)cc4)cc(nc23)-c2ccc(cc2)C/C=C/C[C@@H](C(N)=O)NC1=O. The van der Waals surface area contributed by atoms with Crippen molar-refractivity contribution >= 4 is 75.6 Å². The van der Waals surface area contributed by atoms with E-state index in [9.17, 15) is 58.5 Å². The number of carbonyl (C=O) groups is 9. The van der Waals surface area contributed by atoms with E-state index in [0.717, 1.165) is 27.3 Å². The molecule has 0 radical (unpaired) electrons. The highest BCUT2D eigenvalue weighted by molar-refractivity contribution is 6.10. The van der Waals surface area contributed by atoms with E-state index in [4.69, 9.17) is 27.9 Å². The lowest BCUT2D eigenvalue weighted by atomic mass is 10.0.